The lowest BCUT2D eigenvalue weighted by atomic mass is 10.1. The summed E-state index contributed by atoms with van der Waals surface area (Å²) in [7, 11) is 0. The fourth-order valence-corrected chi connectivity index (χ4v) is 4.93. The minimum atomic E-state index is -0.778. The standard InChI is InChI=1S/C25H22N2O3S2/c1-17(30-20-13-12-18-7-2-3-8-19(18)15-20)24(28)26-27-25(29)22-10-4-5-11-23(22)32-16-21-9-6-14-31-21/h2-15,17H,16H2,1H3,(H,26,28)(H,27,29). The van der Waals surface area contributed by atoms with Crippen LogP contribution < -0.4 is 15.6 Å². The van der Waals surface area contributed by atoms with E-state index in [1.54, 1.807) is 42.2 Å². The summed E-state index contributed by atoms with van der Waals surface area (Å²) in [6, 6.07) is 25.0. The van der Waals surface area contributed by atoms with Gasteiger partial charge >= 0.3 is 0 Å². The Morgan fingerprint density at radius 2 is 1.72 bits per heavy atom. The highest BCUT2D eigenvalue weighted by atomic mass is 32.2. The van der Waals surface area contributed by atoms with Gasteiger partial charge in [-0.25, -0.2) is 0 Å². The van der Waals surface area contributed by atoms with Gasteiger partial charge in [-0.05, 0) is 53.4 Å². The molecule has 0 aliphatic rings. The smallest absolute Gasteiger partial charge is 0.279 e. The van der Waals surface area contributed by atoms with Crippen molar-refractivity contribution in [1.29, 1.82) is 0 Å². The first-order valence-corrected chi connectivity index (χ1v) is 12.0. The van der Waals surface area contributed by atoms with Crippen molar-refractivity contribution in [3.05, 3.63) is 94.7 Å². The average molecular weight is 463 g/mol. The van der Waals surface area contributed by atoms with E-state index >= 15 is 0 Å². The summed E-state index contributed by atoms with van der Waals surface area (Å²) >= 11 is 3.27. The molecule has 162 valence electrons. The van der Waals surface area contributed by atoms with Crippen molar-refractivity contribution < 1.29 is 14.3 Å². The highest BCUT2D eigenvalue weighted by Crippen LogP contribution is 2.28. The van der Waals surface area contributed by atoms with Crippen LogP contribution in [0.4, 0.5) is 0 Å². The number of nitrogens with one attached hydrogen (secondary N) is 2. The van der Waals surface area contributed by atoms with E-state index in [2.05, 4.69) is 16.9 Å². The van der Waals surface area contributed by atoms with Gasteiger partial charge in [0.25, 0.3) is 11.8 Å². The van der Waals surface area contributed by atoms with E-state index in [9.17, 15) is 9.59 Å². The van der Waals surface area contributed by atoms with E-state index in [1.165, 1.54) is 4.88 Å². The lowest BCUT2D eigenvalue weighted by molar-refractivity contribution is -0.128. The van der Waals surface area contributed by atoms with Gasteiger partial charge in [0.1, 0.15) is 5.75 Å². The number of carbonyl (C=O) groups excluding carboxylic acids is 2. The molecule has 1 atom stereocenters. The second-order valence-corrected chi connectivity index (χ2v) is 9.13. The summed E-state index contributed by atoms with van der Waals surface area (Å²) in [5.74, 6) is 0.569. The monoisotopic (exact) mass is 462 g/mol. The third-order valence-electron chi connectivity index (χ3n) is 4.78. The van der Waals surface area contributed by atoms with Gasteiger partial charge in [-0.15, -0.1) is 23.1 Å². The van der Waals surface area contributed by atoms with Crippen LogP contribution in [0.2, 0.25) is 0 Å². The van der Waals surface area contributed by atoms with Gasteiger partial charge in [0.15, 0.2) is 6.10 Å². The molecule has 0 aliphatic carbocycles. The molecule has 0 spiro atoms. The number of hydrazine groups is 1. The number of thioether (sulfide) groups is 1. The van der Waals surface area contributed by atoms with Crippen molar-refractivity contribution in [3.63, 3.8) is 0 Å². The van der Waals surface area contributed by atoms with Crippen molar-refractivity contribution in [2.24, 2.45) is 0 Å². The Morgan fingerprint density at radius 3 is 2.53 bits per heavy atom. The molecule has 0 radical (unpaired) electrons. The molecule has 0 saturated carbocycles. The number of amides is 2. The molecule has 2 amide bonds. The second-order valence-electron chi connectivity index (χ2n) is 7.08. The molecule has 3 aromatic carbocycles. The summed E-state index contributed by atoms with van der Waals surface area (Å²) < 4.78 is 5.76. The van der Waals surface area contributed by atoms with Crippen LogP contribution in [0.1, 0.15) is 22.2 Å². The predicted octanol–water partition coefficient (Wildman–Crippen LogP) is 5.42. The van der Waals surface area contributed by atoms with Crippen LogP contribution in [-0.4, -0.2) is 17.9 Å². The van der Waals surface area contributed by atoms with E-state index in [0.29, 0.717) is 11.3 Å². The summed E-state index contributed by atoms with van der Waals surface area (Å²) in [6.07, 6.45) is -0.778. The zero-order chi connectivity index (χ0) is 22.3. The number of rotatable bonds is 7. The van der Waals surface area contributed by atoms with E-state index < -0.39 is 12.0 Å². The first-order valence-electron chi connectivity index (χ1n) is 10.1. The molecule has 4 rings (SSSR count). The summed E-state index contributed by atoms with van der Waals surface area (Å²) in [6.45, 7) is 1.64. The zero-order valence-corrected chi connectivity index (χ0v) is 19.0. The Kier molecular flexibility index (Phi) is 7.09. The minimum Gasteiger partial charge on any atom is -0.481 e. The minimum absolute atomic E-state index is 0.370. The molecule has 5 nitrogen and oxygen atoms in total. The molecule has 1 heterocycles. The van der Waals surface area contributed by atoms with Crippen molar-refractivity contribution in [3.8, 4) is 5.75 Å². The molecular weight excluding hydrogens is 440 g/mol. The maximum absolute atomic E-state index is 12.7. The maximum Gasteiger partial charge on any atom is 0.279 e. The van der Waals surface area contributed by atoms with Gasteiger partial charge in [0.05, 0.1) is 5.56 Å². The Bertz CT molecular complexity index is 1220. The molecule has 1 unspecified atom stereocenters. The van der Waals surface area contributed by atoms with E-state index in [-0.39, 0.29) is 5.91 Å². The Morgan fingerprint density at radius 1 is 0.938 bits per heavy atom. The normalized spacial score (nSPS) is 11.7. The number of fused-ring (bicyclic) bond motifs is 1. The van der Waals surface area contributed by atoms with Gasteiger partial charge in [-0.2, -0.15) is 0 Å². The quantitative estimate of drug-likeness (QED) is 0.284. The van der Waals surface area contributed by atoms with Crippen molar-refractivity contribution in [2.75, 3.05) is 0 Å². The molecule has 7 heteroatoms. The molecule has 4 aromatic rings. The van der Waals surface area contributed by atoms with Gasteiger partial charge in [0.2, 0.25) is 0 Å². The highest BCUT2D eigenvalue weighted by molar-refractivity contribution is 7.98. The van der Waals surface area contributed by atoms with Crippen LogP contribution in [0, 0.1) is 0 Å². The molecule has 0 aliphatic heterocycles. The van der Waals surface area contributed by atoms with Crippen LogP contribution in [0.3, 0.4) is 0 Å². The predicted molar refractivity (Wildman–Crippen MR) is 130 cm³/mol. The zero-order valence-electron chi connectivity index (χ0n) is 17.4. The van der Waals surface area contributed by atoms with Crippen LogP contribution in [-0.2, 0) is 10.5 Å². The van der Waals surface area contributed by atoms with Crippen LogP contribution in [0.25, 0.3) is 10.8 Å². The number of carbonyl (C=O) groups is 2. The topological polar surface area (TPSA) is 67.4 Å². The Balaban J connectivity index is 1.33. The fraction of sp³-hybridized carbons (Fsp3) is 0.120. The Labute approximate surface area is 194 Å². The number of ether oxygens (including phenoxy) is 1. The van der Waals surface area contributed by atoms with Gasteiger partial charge in [0, 0.05) is 15.5 Å². The van der Waals surface area contributed by atoms with Crippen molar-refractivity contribution >= 4 is 45.7 Å². The van der Waals surface area contributed by atoms with Crippen molar-refractivity contribution in [2.45, 2.75) is 23.7 Å². The molecule has 0 saturated heterocycles. The summed E-state index contributed by atoms with van der Waals surface area (Å²) in [5.41, 5.74) is 5.48. The van der Waals surface area contributed by atoms with E-state index in [0.717, 1.165) is 21.4 Å². The molecule has 0 fully saturated rings. The SMILES string of the molecule is CC(Oc1ccc2ccccc2c1)C(=O)NNC(=O)c1ccccc1SCc1cccs1. The largest absolute Gasteiger partial charge is 0.481 e. The first-order chi connectivity index (χ1) is 15.6. The molecule has 0 bridgehead atoms. The van der Waals surface area contributed by atoms with Gasteiger partial charge < -0.3 is 4.74 Å². The lowest BCUT2D eigenvalue weighted by Crippen LogP contribution is -2.47. The number of hydrogen-bond acceptors (Lipinski definition) is 5. The highest BCUT2D eigenvalue weighted by Gasteiger charge is 2.17. The van der Waals surface area contributed by atoms with E-state index in [1.807, 2.05) is 66.0 Å². The number of benzene rings is 3. The molecule has 32 heavy (non-hydrogen) atoms. The third kappa shape index (κ3) is 5.49. The number of hydrogen-bond donors (Lipinski definition) is 2. The number of thiophene rings is 1. The van der Waals surface area contributed by atoms with Crippen LogP contribution >= 0.6 is 23.1 Å². The first kappa shape index (κ1) is 21.9. The summed E-state index contributed by atoms with van der Waals surface area (Å²) in [5, 5.41) is 4.16. The third-order valence-corrected chi connectivity index (χ3v) is 6.97. The van der Waals surface area contributed by atoms with E-state index in [4.69, 9.17) is 4.74 Å². The average Bonchev–Trinajstić information content (AvgIpc) is 3.35. The van der Waals surface area contributed by atoms with Crippen LogP contribution in [0.15, 0.2) is 89.1 Å². The van der Waals surface area contributed by atoms with Crippen LogP contribution in [0.5, 0.6) is 5.75 Å². The van der Waals surface area contributed by atoms with Gasteiger partial charge in [-0.3, -0.25) is 20.4 Å². The van der Waals surface area contributed by atoms with Crippen molar-refractivity contribution in [1.82, 2.24) is 10.9 Å². The summed E-state index contributed by atoms with van der Waals surface area (Å²) in [4.78, 5) is 27.2. The molecule has 2 N–H and O–H groups in total. The lowest BCUT2D eigenvalue weighted by Gasteiger charge is -2.16. The fourth-order valence-electron chi connectivity index (χ4n) is 3.11. The second kappa shape index (κ2) is 10.3. The Hall–Kier alpha value is -3.29. The molecule has 1 aromatic heterocycles. The van der Waals surface area contributed by atoms with Gasteiger partial charge in [-0.1, -0.05) is 48.5 Å². The molecular formula is C25H22N2O3S2. The maximum atomic E-state index is 12.7.